The molecule has 0 unspecified atom stereocenters. The van der Waals surface area contributed by atoms with Crippen molar-refractivity contribution in [2.45, 2.75) is 52.1 Å². The number of ketones is 2. The van der Waals surface area contributed by atoms with Crippen LogP contribution in [-0.2, 0) is 22.4 Å². The van der Waals surface area contributed by atoms with Crippen LogP contribution < -0.4 is 4.90 Å². The zero-order valence-corrected chi connectivity index (χ0v) is 25.1. The van der Waals surface area contributed by atoms with Gasteiger partial charge in [0.15, 0.2) is 5.78 Å². The van der Waals surface area contributed by atoms with Crippen molar-refractivity contribution < 1.29 is 19.1 Å². The van der Waals surface area contributed by atoms with E-state index in [9.17, 15) is 14.4 Å². The van der Waals surface area contributed by atoms with Gasteiger partial charge in [0.2, 0.25) is 0 Å². The molecule has 0 N–H and O–H groups in total. The minimum atomic E-state index is -0.504. The van der Waals surface area contributed by atoms with E-state index in [-0.39, 0.29) is 17.8 Å². The number of piperazine rings is 1. The molecule has 3 aromatic carbocycles. The fourth-order valence-corrected chi connectivity index (χ4v) is 5.52. The lowest BCUT2D eigenvalue weighted by molar-refractivity contribution is -0.119. The number of nitrogens with zero attached hydrogens (tertiary/aromatic N) is 4. The second-order valence-corrected chi connectivity index (χ2v) is 12.6. The normalized spacial score (nSPS) is 15.5. The van der Waals surface area contributed by atoms with E-state index in [1.54, 1.807) is 4.90 Å². The Bertz CT molecular complexity index is 1640. The molecule has 0 radical (unpaired) electrons. The Balaban J connectivity index is 1.05. The molecule has 1 aliphatic heterocycles. The van der Waals surface area contributed by atoms with E-state index in [0.29, 0.717) is 50.4 Å². The first-order valence-electron chi connectivity index (χ1n) is 15.1. The number of Topliss-reactive ketones (excluding diaryl/α,β-unsaturated/α-hetero) is 2. The van der Waals surface area contributed by atoms with Crippen LogP contribution in [0.2, 0.25) is 0 Å². The van der Waals surface area contributed by atoms with Gasteiger partial charge in [-0.1, -0.05) is 18.2 Å². The van der Waals surface area contributed by atoms with Crippen LogP contribution in [0.1, 0.15) is 55.1 Å². The van der Waals surface area contributed by atoms with E-state index >= 15 is 0 Å². The van der Waals surface area contributed by atoms with Crippen molar-refractivity contribution in [3.05, 3.63) is 89.6 Å². The Hall–Kier alpha value is -4.46. The van der Waals surface area contributed by atoms with Gasteiger partial charge in [0.1, 0.15) is 11.4 Å². The molecular weight excluding hydrogens is 540 g/mol. The van der Waals surface area contributed by atoms with Gasteiger partial charge in [-0.15, -0.1) is 0 Å². The highest BCUT2D eigenvalue weighted by Gasteiger charge is 2.29. The van der Waals surface area contributed by atoms with Gasteiger partial charge in [0.05, 0.1) is 17.4 Å². The van der Waals surface area contributed by atoms with Crippen molar-refractivity contribution in [3.8, 4) is 5.69 Å². The Morgan fingerprint density at radius 3 is 2.12 bits per heavy atom. The van der Waals surface area contributed by atoms with E-state index < -0.39 is 5.60 Å². The fourth-order valence-electron chi connectivity index (χ4n) is 5.52. The van der Waals surface area contributed by atoms with E-state index in [1.165, 1.54) is 0 Å². The Labute approximate surface area is 252 Å². The third-order valence-corrected chi connectivity index (χ3v) is 8.07. The molecule has 1 aromatic heterocycles. The lowest BCUT2D eigenvalue weighted by Crippen LogP contribution is -2.50. The van der Waals surface area contributed by atoms with Gasteiger partial charge in [-0.25, -0.2) is 9.48 Å². The predicted molar refractivity (Wildman–Crippen MR) is 167 cm³/mol. The molecule has 8 nitrogen and oxygen atoms in total. The Morgan fingerprint density at radius 2 is 1.47 bits per heavy atom. The van der Waals surface area contributed by atoms with Gasteiger partial charge in [-0.3, -0.25) is 9.59 Å². The van der Waals surface area contributed by atoms with Crippen molar-refractivity contribution in [1.82, 2.24) is 14.7 Å². The zero-order chi connectivity index (χ0) is 30.1. The van der Waals surface area contributed by atoms with Crippen molar-refractivity contribution in [1.29, 1.82) is 0 Å². The molecule has 1 aliphatic carbocycles. The fraction of sp³-hybridized carbons (Fsp3) is 0.371. The Kier molecular flexibility index (Phi) is 7.77. The summed E-state index contributed by atoms with van der Waals surface area (Å²) in [6.07, 6.45) is 4.42. The van der Waals surface area contributed by atoms with Gasteiger partial charge >= 0.3 is 6.09 Å². The van der Waals surface area contributed by atoms with Crippen molar-refractivity contribution in [2.75, 3.05) is 31.1 Å². The van der Waals surface area contributed by atoms with Crippen molar-refractivity contribution >= 4 is 34.3 Å². The van der Waals surface area contributed by atoms with Crippen LogP contribution in [0.3, 0.4) is 0 Å². The summed E-state index contributed by atoms with van der Waals surface area (Å²) < 4.78 is 7.38. The SMILES string of the molecule is CC(C)(C)OC(=O)N1CCN(c2ccc(C(=O)Cc3ccc4c(cnn4-c4ccc(CC(=O)C5CC5)cc4)c3)cc2)CC1. The molecule has 0 spiro atoms. The van der Waals surface area contributed by atoms with E-state index in [4.69, 9.17) is 4.74 Å². The van der Waals surface area contributed by atoms with Crippen molar-refractivity contribution in [3.63, 3.8) is 0 Å². The van der Waals surface area contributed by atoms with Gasteiger partial charge < -0.3 is 14.5 Å². The highest BCUT2D eigenvalue weighted by molar-refractivity contribution is 5.98. The molecule has 6 rings (SSSR count). The van der Waals surface area contributed by atoms with E-state index in [2.05, 4.69) is 10.00 Å². The monoisotopic (exact) mass is 578 g/mol. The van der Waals surface area contributed by atoms with Crippen LogP contribution in [-0.4, -0.2) is 64.1 Å². The molecule has 222 valence electrons. The number of ether oxygens (including phenoxy) is 1. The molecule has 0 bridgehead atoms. The maximum absolute atomic E-state index is 13.1. The summed E-state index contributed by atoms with van der Waals surface area (Å²) in [5.74, 6) is 0.671. The third kappa shape index (κ3) is 6.79. The van der Waals surface area contributed by atoms with Gasteiger partial charge in [0.25, 0.3) is 0 Å². The second kappa shape index (κ2) is 11.7. The number of anilines is 1. The molecule has 2 aliphatic rings. The number of carbonyl (C=O) groups excluding carboxylic acids is 3. The predicted octanol–water partition coefficient (Wildman–Crippen LogP) is 6.03. The summed E-state index contributed by atoms with van der Waals surface area (Å²) >= 11 is 0. The number of aromatic nitrogens is 2. The van der Waals surface area contributed by atoms with Crippen LogP contribution in [0, 0.1) is 5.92 Å². The average Bonchev–Trinajstić information content (AvgIpc) is 3.77. The first kappa shape index (κ1) is 28.6. The van der Waals surface area contributed by atoms with Crippen LogP contribution >= 0.6 is 0 Å². The molecule has 43 heavy (non-hydrogen) atoms. The second-order valence-electron chi connectivity index (χ2n) is 12.6. The molecule has 2 fully saturated rings. The smallest absolute Gasteiger partial charge is 0.410 e. The highest BCUT2D eigenvalue weighted by Crippen LogP contribution is 2.31. The first-order valence-corrected chi connectivity index (χ1v) is 15.1. The third-order valence-electron chi connectivity index (χ3n) is 8.07. The molecule has 0 atom stereocenters. The van der Waals surface area contributed by atoms with Gasteiger partial charge in [0, 0.05) is 61.6 Å². The first-order chi connectivity index (χ1) is 20.6. The molecule has 2 heterocycles. The largest absolute Gasteiger partial charge is 0.444 e. The molecule has 1 saturated carbocycles. The highest BCUT2D eigenvalue weighted by atomic mass is 16.6. The number of hydrogen-bond donors (Lipinski definition) is 0. The van der Waals surface area contributed by atoms with Gasteiger partial charge in [-0.2, -0.15) is 5.10 Å². The number of amides is 1. The maximum Gasteiger partial charge on any atom is 0.410 e. The summed E-state index contributed by atoms with van der Waals surface area (Å²) in [6.45, 7) is 8.24. The summed E-state index contributed by atoms with van der Waals surface area (Å²) in [5.41, 5.74) is 5.08. The van der Waals surface area contributed by atoms with Crippen LogP contribution in [0.25, 0.3) is 16.6 Å². The van der Waals surface area contributed by atoms with Gasteiger partial charge in [-0.05, 0) is 93.3 Å². The van der Waals surface area contributed by atoms with E-state index in [1.807, 2.05) is 98.4 Å². The molecular formula is C35H38N4O4. The standard InChI is InChI=1S/C35H38N4O4/c1-35(2,3)43-34(42)38-18-16-37(17-19-38)29-13-9-27(10-14-29)33(41)22-25-6-15-31-28(20-25)23-36-39(31)30-11-4-24(5-12-30)21-32(40)26-7-8-26/h4-6,9-15,20,23,26H,7-8,16-19,21-22H2,1-3H3. The minimum absolute atomic E-state index is 0.0596. The van der Waals surface area contributed by atoms with Crippen LogP contribution in [0.5, 0.6) is 0 Å². The zero-order valence-electron chi connectivity index (χ0n) is 25.1. The number of hydrogen-bond acceptors (Lipinski definition) is 6. The summed E-state index contributed by atoms with van der Waals surface area (Å²) in [5, 5.41) is 5.56. The number of benzene rings is 3. The summed E-state index contributed by atoms with van der Waals surface area (Å²) in [7, 11) is 0. The summed E-state index contributed by atoms with van der Waals surface area (Å²) in [4.78, 5) is 41.6. The molecule has 4 aromatic rings. The lowest BCUT2D eigenvalue weighted by Gasteiger charge is -2.36. The van der Waals surface area contributed by atoms with Crippen molar-refractivity contribution in [2.24, 2.45) is 5.92 Å². The quantitative estimate of drug-likeness (QED) is 0.238. The molecule has 1 amide bonds. The summed E-state index contributed by atoms with van der Waals surface area (Å²) in [6, 6.07) is 21.8. The topological polar surface area (TPSA) is 84.7 Å². The van der Waals surface area contributed by atoms with Crippen LogP contribution in [0.15, 0.2) is 72.9 Å². The Morgan fingerprint density at radius 1 is 0.814 bits per heavy atom. The van der Waals surface area contributed by atoms with Crippen LogP contribution in [0.4, 0.5) is 10.5 Å². The minimum Gasteiger partial charge on any atom is -0.444 e. The molecule has 1 saturated heterocycles. The number of rotatable bonds is 8. The number of carbonyl (C=O) groups is 3. The van der Waals surface area contributed by atoms with E-state index in [0.717, 1.165) is 46.2 Å². The number of fused-ring (bicyclic) bond motifs is 1. The maximum atomic E-state index is 13.1. The average molecular weight is 579 g/mol. The molecule has 8 heteroatoms. The lowest BCUT2D eigenvalue weighted by atomic mass is 10.0.